The minimum atomic E-state index is -0.249. The van der Waals surface area contributed by atoms with E-state index in [-0.39, 0.29) is 17.6 Å². The maximum atomic E-state index is 13.1. The zero-order valence-electron chi connectivity index (χ0n) is 16.5. The minimum absolute atomic E-state index is 0.0143. The molecule has 0 unspecified atom stereocenters. The zero-order valence-corrected chi connectivity index (χ0v) is 16.5. The molecular formula is C23H26FN3O2. The van der Waals surface area contributed by atoms with Gasteiger partial charge in [0.1, 0.15) is 5.82 Å². The summed E-state index contributed by atoms with van der Waals surface area (Å²) >= 11 is 0. The van der Waals surface area contributed by atoms with Gasteiger partial charge in [-0.25, -0.2) is 4.39 Å². The Morgan fingerprint density at radius 2 is 1.24 bits per heavy atom. The fraction of sp³-hybridized carbons (Fsp3) is 0.391. The first-order chi connectivity index (χ1) is 14.1. The third kappa shape index (κ3) is 4.42. The van der Waals surface area contributed by atoms with Crippen LogP contribution in [0.5, 0.6) is 0 Å². The summed E-state index contributed by atoms with van der Waals surface area (Å²) in [6.45, 7) is 4.18. The van der Waals surface area contributed by atoms with Crippen molar-refractivity contribution in [2.45, 2.75) is 19.3 Å². The standard InChI is InChI=1S/C23H26FN3O2/c24-20-7-9-21(10-8-20)25-13-15-27(16-14-25)23(29)19-6-4-5-18(17-19)22(28)26-11-2-1-3-12-26/h4-10,17H,1-3,11-16H2. The van der Waals surface area contributed by atoms with Crippen molar-refractivity contribution >= 4 is 17.5 Å². The van der Waals surface area contributed by atoms with Crippen LogP contribution in [0.1, 0.15) is 40.0 Å². The van der Waals surface area contributed by atoms with Crippen molar-refractivity contribution in [1.29, 1.82) is 0 Å². The molecule has 2 heterocycles. The summed E-state index contributed by atoms with van der Waals surface area (Å²) in [6, 6.07) is 13.5. The molecule has 0 saturated carbocycles. The summed E-state index contributed by atoms with van der Waals surface area (Å²) in [7, 11) is 0. The van der Waals surface area contributed by atoms with E-state index >= 15 is 0 Å². The Morgan fingerprint density at radius 3 is 1.83 bits per heavy atom. The van der Waals surface area contributed by atoms with Crippen LogP contribution in [-0.4, -0.2) is 60.9 Å². The average molecular weight is 395 g/mol. The van der Waals surface area contributed by atoms with Gasteiger partial charge < -0.3 is 14.7 Å². The highest BCUT2D eigenvalue weighted by Crippen LogP contribution is 2.19. The first-order valence-electron chi connectivity index (χ1n) is 10.3. The van der Waals surface area contributed by atoms with Gasteiger partial charge in [-0.2, -0.15) is 0 Å². The number of carbonyl (C=O) groups excluding carboxylic acids is 2. The summed E-state index contributed by atoms with van der Waals surface area (Å²) in [5.41, 5.74) is 2.11. The molecule has 0 radical (unpaired) electrons. The molecule has 6 heteroatoms. The van der Waals surface area contributed by atoms with Gasteiger partial charge in [0.25, 0.3) is 11.8 Å². The number of anilines is 1. The quantitative estimate of drug-likeness (QED) is 0.800. The van der Waals surface area contributed by atoms with E-state index in [1.54, 1.807) is 36.4 Å². The number of piperazine rings is 1. The molecule has 2 aliphatic rings. The lowest BCUT2D eigenvalue weighted by atomic mass is 10.1. The molecular weight excluding hydrogens is 369 g/mol. The largest absolute Gasteiger partial charge is 0.368 e. The van der Waals surface area contributed by atoms with E-state index in [4.69, 9.17) is 0 Å². The molecule has 5 nitrogen and oxygen atoms in total. The number of benzene rings is 2. The van der Waals surface area contributed by atoms with Gasteiger partial charge in [0, 0.05) is 56.1 Å². The van der Waals surface area contributed by atoms with Gasteiger partial charge in [-0.3, -0.25) is 9.59 Å². The molecule has 4 rings (SSSR count). The summed E-state index contributed by atoms with van der Waals surface area (Å²) in [5, 5.41) is 0. The smallest absolute Gasteiger partial charge is 0.253 e. The maximum Gasteiger partial charge on any atom is 0.253 e. The second-order valence-electron chi connectivity index (χ2n) is 7.69. The lowest BCUT2D eigenvalue weighted by Crippen LogP contribution is -2.48. The molecule has 2 aromatic carbocycles. The maximum absolute atomic E-state index is 13.1. The van der Waals surface area contributed by atoms with Crippen molar-refractivity contribution in [1.82, 2.24) is 9.80 Å². The highest BCUT2D eigenvalue weighted by Gasteiger charge is 2.24. The second-order valence-corrected chi connectivity index (χ2v) is 7.69. The molecule has 152 valence electrons. The highest BCUT2D eigenvalue weighted by molar-refractivity contribution is 5.99. The van der Waals surface area contributed by atoms with Crippen molar-refractivity contribution in [3.63, 3.8) is 0 Å². The summed E-state index contributed by atoms with van der Waals surface area (Å²) in [5.74, 6) is -0.279. The molecule has 2 amide bonds. The van der Waals surface area contributed by atoms with E-state index < -0.39 is 0 Å². The zero-order chi connectivity index (χ0) is 20.2. The van der Waals surface area contributed by atoms with Crippen LogP contribution in [-0.2, 0) is 0 Å². The molecule has 29 heavy (non-hydrogen) atoms. The van der Waals surface area contributed by atoms with E-state index in [1.165, 1.54) is 18.6 Å². The predicted octanol–water partition coefficient (Wildman–Crippen LogP) is 3.41. The van der Waals surface area contributed by atoms with Gasteiger partial charge in [0.2, 0.25) is 0 Å². The predicted molar refractivity (Wildman–Crippen MR) is 111 cm³/mol. The Labute approximate surface area is 170 Å². The monoisotopic (exact) mass is 395 g/mol. The number of piperidine rings is 1. The molecule has 0 aliphatic carbocycles. The summed E-state index contributed by atoms with van der Waals surface area (Å²) in [4.78, 5) is 31.6. The van der Waals surface area contributed by atoms with E-state index in [2.05, 4.69) is 4.90 Å². The number of likely N-dealkylation sites (tertiary alicyclic amines) is 1. The molecule has 2 fully saturated rings. The fourth-order valence-corrected chi connectivity index (χ4v) is 4.07. The van der Waals surface area contributed by atoms with Crippen molar-refractivity contribution in [3.8, 4) is 0 Å². The lowest BCUT2D eigenvalue weighted by Gasteiger charge is -2.36. The molecule has 0 aromatic heterocycles. The summed E-state index contributed by atoms with van der Waals surface area (Å²) in [6.07, 6.45) is 3.26. The highest BCUT2D eigenvalue weighted by atomic mass is 19.1. The van der Waals surface area contributed by atoms with Crippen molar-refractivity contribution in [3.05, 3.63) is 65.5 Å². The van der Waals surface area contributed by atoms with Gasteiger partial charge in [-0.1, -0.05) is 6.07 Å². The van der Waals surface area contributed by atoms with Crippen LogP contribution in [0.15, 0.2) is 48.5 Å². The fourth-order valence-electron chi connectivity index (χ4n) is 4.07. The van der Waals surface area contributed by atoms with Gasteiger partial charge in [0.15, 0.2) is 0 Å². The number of hydrogen-bond donors (Lipinski definition) is 0. The number of nitrogens with zero attached hydrogens (tertiary/aromatic N) is 3. The Bertz CT molecular complexity index is 870. The van der Waals surface area contributed by atoms with Crippen LogP contribution in [0.25, 0.3) is 0 Å². The van der Waals surface area contributed by atoms with Crippen LogP contribution in [0.3, 0.4) is 0 Å². The Morgan fingerprint density at radius 1 is 0.690 bits per heavy atom. The number of amides is 2. The van der Waals surface area contributed by atoms with Crippen molar-refractivity contribution in [2.24, 2.45) is 0 Å². The molecule has 2 aromatic rings. The van der Waals surface area contributed by atoms with Crippen LogP contribution >= 0.6 is 0 Å². The topological polar surface area (TPSA) is 43.9 Å². The molecule has 0 bridgehead atoms. The number of halogens is 1. The second kappa shape index (κ2) is 8.64. The lowest BCUT2D eigenvalue weighted by molar-refractivity contribution is 0.0724. The van der Waals surface area contributed by atoms with Gasteiger partial charge in [-0.15, -0.1) is 0 Å². The Kier molecular flexibility index (Phi) is 5.79. The number of rotatable bonds is 3. The first-order valence-corrected chi connectivity index (χ1v) is 10.3. The average Bonchev–Trinajstić information content (AvgIpc) is 2.79. The first kappa shape index (κ1) is 19.4. The van der Waals surface area contributed by atoms with Gasteiger partial charge >= 0.3 is 0 Å². The van der Waals surface area contributed by atoms with E-state index in [1.807, 2.05) is 9.80 Å². The van der Waals surface area contributed by atoms with Gasteiger partial charge in [0.05, 0.1) is 0 Å². The van der Waals surface area contributed by atoms with Crippen molar-refractivity contribution in [2.75, 3.05) is 44.2 Å². The van der Waals surface area contributed by atoms with Crippen LogP contribution in [0, 0.1) is 5.82 Å². The summed E-state index contributed by atoms with van der Waals surface area (Å²) < 4.78 is 13.1. The molecule has 0 N–H and O–H groups in total. The minimum Gasteiger partial charge on any atom is -0.368 e. The van der Waals surface area contributed by atoms with E-state index in [9.17, 15) is 14.0 Å². The third-order valence-electron chi connectivity index (χ3n) is 5.76. The molecule has 2 aliphatic heterocycles. The third-order valence-corrected chi connectivity index (χ3v) is 5.76. The normalized spacial score (nSPS) is 17.3. The number of carbonyl (C=O) groups is 2. The van der Waals surface area contributed by atoms with Gasteiger partial charge in [-0.05, 0) is 61.7 Å². The Balaban J connectivity index is 1.40. The van der Waals surface area contributed by atoms with Crippen molar-refractivity contribution < 1.29 is 14.0 Å². The Hall–Kier alpha value is -2.89. The van der Waals surface area contributed by atoms with Crippen LogP contribution < -0.4 is 4.90 Å². The molecule has 0 spiro atoms. The SMILES string of the molecule is O=C(c1cccc(C(=O)N2CCN(c3ccc(F)cc3)CC2)c1)N1CCCCC1. The van der Waals surface area contributed by atoms with E-state index in [0.29, 0.717) is 37.3 Å². The number of hydrogen-bond acceptors (Lipinski definition) is 3. The van der Waals surface area contributed by atoms with Crippen LogP contribution in [0.4, 0.5) is 10.1 Å². The van der Waals surface area contributed by atoms with E-state index in [0.717, 1.165) is 31.6 Å². The molecule has 0 atom stereocenters. The van der Waals surface area contributed by atoms with Crippen LogP contribution in [0.2, 0.25) is 0 Å². The molecule has 2 saturated heterocycles.